The second-order valence-electron chi connectivity index (χ2n) is 6.37. The van der Waals surface area contributed by atoms with Gasteiger partial charge in [0, 0.05) is 6.26 Å². The minimum Gasteiger partial charge on any atom is -0.452 e. The molecule has 0 spiro atoms. The summed E-state index contributed by atoms with van der Waals surface area (Å²) in [5, 5.41) is 2.67. The Balaban J connectivity index is 1.75. The second-order valence-corrected chi connectivity index (χ2v) is 8.39. The zero-order valence-electron chi connectivity index (χ0n) is 15.3. The Morgan fingerprint density at radius 1 is 1.18 bits per heavy atom. The Morgan fingerprint density at radius 3 is 2.61 bits per heavy atom. The van der Waals surface area contributed by atoms with E-state index in [1.54, 1.807) is 31.2 Å². The van der Waals surface area contributed by atoms with Gasteiger partial charge in [0.1, 0.15) is 6.54 Å². The fourth-order valence-corrected chi connectivity index (χ4v) is 3.44. The summed E-state index contributed by atoms with van der Waals surface area (Å²) in [5.41, 5.74) is 1.59. The van der Waals surface area contributed by atoms with Crippen molar-refractivity contribution in [2.75, 3.05) is 29.6 Å². The molecule has 0 atom stereocenters. The number of benzene rings is 2. The summed E-state index contributed by atoms with van der Waals surface area (Å²) in [7, 11) is -3.49. The molecule has 3 rings (SSSR count). The van der Waals surface area contributed by atoms with E-state index >= 15 is 0 Å². The zero-order chi connectivity index (χ0) is 20.5. The van der Waals surface area contributed by atoms with Gasteiger partial charge in [0.2, 0.25) is 5.91 Å². The van der Waals surface area contributed by atoms with Gasteiger partial charge in [-0.2, -0.15) is 0 Å². The van der Waals surface area contributed by atoms with Gasteiger partial charge in [-0.1, -0.05) is 18.2 Å². The summed E-state index contributed by atoms with van der Waals surface area (Å²) in [4.78, 5) is 37.9. The topological polar surface area (TPSA) is 110 Å². The first-order valence-electron chi connectivity index (χ1n) is 8.34. The average Bonchev–Trinajstić information content (AvgIpc) is 2.64. The maximum Gasteiger partial charge on any atom is 0.338 e. The van der Waals surface area contributed by atoms with Gasteiger partial charge < -0.3 is 10.1 Å². The van der Waals surface area contributed by atoms with Gasteiger partial charge >= 0.3 is 5.97 Å². The maximum absolute atomic E-state index is 12.5. The second kappa shape index (κ2) is 7.43. The van der Waals surface area contributed by atoms with Crippen LogP contribution in [0.15, 0.2) is 47.4 Å². The lowest BCUT2D eigenvalue weighted by Gasteiger charge is -2.28. The van der Waals surface area contributed by atoms with Crippen molar-refractivity contribution in [1.82, 2.24) is 0 Å². The highest BCUT2D eigenvalue weighted by Gasteiger charge is 2.27. The lowest BCUT2D eigenvalue weighted by atomic mass is 10.1. The van der Waals surface area contributed by atoms with Gasteiger partial charge in [-0.15, -0.1) is 0 Å². The van der Waals surface area contributed by atoms with E-state index in [-0.39, 0.29) is 22.9 Å². The van der Waals surface area contributed by atoms with E-state index in [1.165, 1.54) is 23.1 Å². The number of nitrogens with one attached hydrogen (secondary N) is 1. The number of sulfone groups is 1. The van der Waals surface area contributed by atoms with Crippen LogP contribution in [0.5, 0.6) is 0 Å². The van der Waals surface area contributed by atoms with E-state index in [0.717, 1.165) is 6.26 Å². The molecule has 1 aliphatic heterocycles. The van der Waals surface area contributed by atoms with Crippen molar-refractivity contribution in [3.8, 4) is 0 Å². The number of para-hydroxylation sites is 2. The largest absolute Gasteiger partial charge is 0.452 e. The number of fused-ring (bicyclic) bond motifs is 1. The predicted octanol–water partition coefficient (Wildman–Crippen LogP) is 1.54. The van der Waals surface area contributed by atoms with Crippen LogP contribution in [0.3, 0.4) is 0 Å². The molecule has 146 valence electrons. The Morgan fingerprint density at radius 2 is 1.89 bits per heavy atom. The third-order valence-corrected chi connectivity index (χ3v) is 5.37. The van der Waals surface area contributed by atoms with Crippen molar-refractivity contribution >= 4 is 39.0 Å². The van der Waals surface area contributed by atoms with Crippen molar-refractivity contribution < 1.29 is 27.5 Å². The molecule has 0 saturated carbocycles. The van der Waals surface area contributed by atoms with E-state index in [1.807, 2.05) is 0 Å². The van der Waals surface area contributed by atoms with Crippen LogP contribution < -0.4 is 10.2 Å². The number of carbonyl (C=O) groups excluding carboxylic acids is 3. The van der Waals surface area contributed by atoms with Gasteiger partial charge in [0.05, 0.1) is 21.8 Å². The molecule has 2 aromatic rings. The number of hydrogen-bond acceptors (Lipinski definition) is 6. The molecule has 28 heavy (non-hydrogen) atoms. The normalized spacial score (nSPS) is 13.5. The van der Waals surface area contributed by atoms with Gasteiger partial charge in [-0.25, -0.2) is 13.2 Å². The minimum atomic E-state index is -3.49. The van der Waals surface area contributed by atoms with Crippen LogP contribution in [0, 0.1) is 6.92 Å². The van der Waals surface area contributed by atoms with Crippen LogP contribution in [0.25, 0.3) is 0 Å². The molecule has 1 heterocycles. The molecule has 0 bridgehead atoms. The standard InChI is InChI=1S/C19H18N2O6S/c1-12-7-8-13(28(2,25)26)9-14(12)19(24)27-11-18(23)21-10-17(22)20-15-5-3-4-6-16(15)21/h3-9H,10-11H2,1-2H3,(H,20,22). The third-order valence-electron chi connectivity index (χ3n) is 4.26. The minimum absolute atomic E-state index is 0.0157. The molecule has 0 aliphatic carbocycles. The van der Waals surface area contributed by atoms with Crippen LogP contribution in [-0.2, 0) is 24.2 Å². The number of carbonyl (C=O) groups is 3. The molecule has 2 amide bonds. The van der Waals surface area contributed by atoms with Gasteiger partial charge in [-0.3, -0.25) is 14.5 Å². The first-order chi connectivity index (χ1) is 13.2. The first kappa shape index (κ1) is 19.6. The van der Waals surface area contributed by atoms with Crippen LogP contribution in [0.1, 0.15) is 15.9 Å². The van der Waals surface area contributed by atoms with E-state index in [4.69, 9.17) is 4.74 Å². The fraction of sp³-hybridized carbons (Fsp3) is 0.211. The summed E-state index contributed by atoms with van der Waals surface area (Å²) in [6, 6.07) is 10.9. The molecular formula is C19H18N2O6S. The summed E-state index contributed by atoms with van der Waals surface area (Å²) >= 11 is 0. The third kappa shape index (κ3) is 4.04. The number of ether oxygens (including phenoxy) is 1. The fourth-order valence-electron chi connectivity index (χ4n) is 2.79. The molecule has 1 N–H and O–H groups in total. The number of amides is 2. The van der Waals surface area contributed by atoms with Crippen LogP contribution in [-0.4, -0.2) is 45.6 Å². The van der Waals surface area contributed by atoms with Crippen molar-refractivity contribution in [3.63, 3.8) is 0 Å². The van der Waals surface area contributed by atoms with Crippen LogP contribution >= 0.6 is 0 Å². The SMILES string of the molecule is Cc1ccc(S(C)(=O)=O)cc1C(=O)OCC(=O)N1CC(=O)Nc2ccccc21. The number of hydrogen-bond donors (Lipinski definition) is 1. The molecule has 0 aromatic heterocycles. The van der Waals surface area contributed by atoms with Crippen LogP contribution in [0.2, 0.25) is 0 Å². The highest BCUT2D eigenvalue weighted by molar-refractivity contribution is 7.90. The lowest BCUT2D eigenvalue weighted by molar-refractivity contribution is -0.124. The number of nitrogens with zero attached hydrogens (tertiary/aromatic N) is 1. The zero-order valence-corrected chi connectivity index (χ0v) is 16.1. The first-order valence-corrected chi connectivity index (χ1v) is 10.2. The van der Waals surface area contributed by atoms with Gasteiger partial charge in [0.25, 0.3) is 5.91 Å². The highest BCUT2D eigenvalue weighted by Crippen LogP contribution is 2.28. The van der Waals surface area contributed by atoms with Gasteiger partial charge in [0.15, 0.2) is 16.4 Å². The van der Waals surface area contributed by atoms with Crippen molar-refractivity contribution in [2.45, 2.75) is 11.8 Å². The smallest absolute Gasteiger partial charge is 0.338 e. The number of esters is 1. The molecule has 9 heteroatoms. The number of rotatable bonds is 4. The summed E-state index contributed by atoms with van der Waals surface area (Å²) in [5.74, 6) is -1.73. The van der Waals surface area contributed by atoms with E-state index in [2.05, 4.69) is 5.32 Å². The monoisotopic (exact) mass is 402 g/mol. The van der Waals surface area contributed by atoms with Crippen molar-refractivity contribution in [3.05, 3.63) is 53.6 Å². The summed E-state index contributed by atoms with van der Waals surface area (Å²) < 4.78 is 28.5. The Kier molecular flexibility index (Phi) is 5.19. The van der Waals surface area contributed by atoms with Crippen LogP contribution in [0.4, 0.5) is 11.4 Å². The number of aryl methyl sites for hydroxylation is 1. The Hall–Kier alpha value is -3.20. The lowest BCUT2D eigenvalue weighted by Crippen LogP contribution is -2.44. The van der Waals surface area contributed by atoms with E-state index in [9.17, 15) is 22.8 Å². The van der Waals surface area contributed by atoms with Crippen molar-refractivity contribution in [2.24, 2.45) is 0 Å². The molecular weight excluding hydrogens is 384 g/mol. The van der Waals surface area contributed by atoms with Crippen molar-refractivity contribution in [1.29, 1.82) is 0 Å². The molecule has 0 fully saturated rings. The Labute approximate surface area is 162 Å². The molecule has 1 aliphatic rings. The predicted molar refractivity (Wildman–Crippen MR) is 102 cm³/mol. The summed E-state index contributed by atoms with van der Waals surface area (Å²) in [6.45, 7) is 0.870. The quantitative estimate of drug-likeness (QED) is 0.777. The molecule has 2 aromatic carbocycles. The molecule has 0 saturated heterocycles. The Bertz CT molecular complexity index is 1080. The molecule has 0 radical (unpaired) electrons. The maximum atomic E-state index is 12.5. The van der Waals surface area contributed by atoms with E-state index < -0.39 is 28.3 Å². The highest BCUT2D eigenvalue weighted by atomic mass is 32.2. The molecule has 8 nitrogen and oxygen atoms in total. The van der Waals surface area contributed by atoms with Gasteiger partial charge in [-0.05, 0) is 36.8 Å². The summed E-state index contributed by atoms with van der Waals surface area (Å²) in [6.07, 6.45) is 1.04. The average molecular weight is 402 g/mol. The molecule has 0 unspecified atom stereocenters. The number of anilines is 2. The van der Waals surface area contributed by atoms with E-state index in [0.29, 0.717) is 16.9 Å².